The summed E-state index contributed by atoms with van der Waals surface area (Å²) in [6.07, 6.45) is 2.29. The van der Waals surface area contributed by atoms with Crippen molar-refractivity contribution in [2.45, 2.75) is 6.04 Å². The Kier molecular flexibility index (Phi) is 3.64. The molecule has 3 aromatic rings. The van der Waals surface area contributed by atoms with Crippen LogP contribution < -0.4 is 5.32 Å². The molecule has 2 heteroatoms. The summed E-state index contributed by atoms with van der Waals surface area (Å²) in [5.41, 5.74) is 6.11. The molecule has 1 unspecified atom stereocenters. The van der Waals surface area contributed by atoms with Gasteiger partial charge in [-0.3, -0.25) is 0 Å². The first-order valence-electron chi connectivity index (χ1n) is 7.70. The Morgan fingerprint density at radius 3 is 2.22 bits per heavy atom. The SMILES string of the molecule is Clc1ccc(C2C=C(c3ccccc3)c3ccccc3N2)cc1. The van der Waals surface area contributed by atoms with E-state index < -0.39 is 0 Å². The summed E-state index contributed by atoms with van der Waals surface area (Å²) in [5.74, 6) is 0. The Morgan fingerprint density at radius 1 is 0.739 bits per heavy atom. The second-order valence-corrected chi connectivity index (χ2v) is 6.10. The summed E-state index contributed by atoms with van der Waals surface area (Å²) in [6.45, 7) is 0. The van der Waals surface area contributed by atoms with Crippen LogP contribution in [0.5, 0.6) is 0 Å². The van der Waals surface area contributed by atoms with Crippen molar-refractivity contribution in [1.82, 2.24) is 0 Å². The normalized spacial score (nSPS) is 16.2. The Morgan fingerprint density at radius 2 is 1.43 bits per heavy atom. The third-order valence-corrected chi connectivity index (χ3v) is 4.43. The topological polar surface area (TPSA) is 12.0 Å². The van der Waals surface area contributed by atoms with Crippen molar-refractivity contribution in [3.8, 4) is 0 Å². The summed E-state index contributed by atoms with van der Waals surface area (Å²) in [6, 6.07) is 27.2. The Bertz CT molecular complexity index is 851. The molecule has 1 N–H and O–H groups in total. The van der Waals surface area contributed by atoms with E-state index in [-0.39, 0.29) is 6.04 Å². The predicted octanol–water partition coefficient (Wildman–Crippen LogP) is 5.94. The highest BCUT2D eigenvalue weighted by Gasteiger charge is 2.20. The first-order chi connectivity index (χ1) is 11.3. The quantitative estimate of drug-likeness (QED) is 0.617. The molecule has 1 aliphatic rings. The van der Waals surface area contributed by atoms with Gasteiger partial charge in [-0.05, 0) is 41.0 Å². The summed E-state index contributed by atoms with van der Waals surface area (Å²) in [4.78, 5) is 0. The van der Waals surface area contributed by atoms with Gasteiger partial charge in [-0.2, -0.15) is 0 Å². The second kappa shape index (κ2) is 5.94. The second-order valence-electron chi connectivity index (χ2n) is 5.67. The van der Waals surface area contributed by atoms with E-state index in [1.54, 1.807) is 0 Å². The van der Waals surface area contributed by atoms with E-state index in [4.69, 9.17) is 11.6 Å². The monoisotopic (exact) mass is 317 g/mol. The zero-order valence-corrected chi connectivity index (χ0v) is 13.3. The molecule has 0 saturated carbocycles. The van der Waals surface area contributed by atoms with E-state index in [9.17, 15) is 0 Å². The van der Waals surface area contributed by atoms with Crippen molar-refractivity contribution in [1.29, 1.82) is 0 Å². The summed E-state index contributed by atoms with van der Waals surface area (Å²) >= 11 is 6.02. The fourth-order valence-electron chi connectivity index (χ4n) is 3.03. The molecular formula is C21H16ClN. The standard InChI is InChI=1S/C21H16ClN/c22-17-12-10-16(11-13-17)21-14-19(15-6-2-1-3-7-15)18-8-4-5-9-20(18)23-21/h1-14,21,23H. The van der Waals surface area contributed by atoms with Crippen LogP contribution in [0.1, 0.15) is 22.7 Å². The first-order valence-corrected chi connectivity index (χ1v) is 8.08. The maximum atomic E-state index is 6.02. The molecule has 0 aromatic heterocycles. The lowest BCUT2D eigenvalue weighted by atomic mass is 9.89. The first kappa shape index (κ1) is 14.1. The zero-order chi connectivity index (χ0) is 15.6. The summed E-state index contributed by atoms with van der Waals surface area (Å²) in [5, 5.41) is 4.37. The lowest BCUT2D eigenvalue weighted by molar-refractivity contribution is 0.973. The Balaban J connectivity index is 1.84. The van der Waals surface area contributed by atoms with Crippen LogP contribution in [-0.2, 0) is 0 Å². The van der Waals surface area contributed by atoms with Crippen molar-refractivity contribution < 1.29 is 0 Å². The van der Waals surface area contributed by atoms with Crippen LogP contribution >= 0.6 is 11.6 Å². The van der Waals surface area contributed by atoms with Gasteiger partial charge in [0.1, 0.15) is 0 Å². The molecule has 0 amide bonds. The molecule has 3 aromatic carbocycles. The fourth-order valence-corrected chi connectivity index (χ4v) is 3.15. The van der Waals surface area contributed by atoms with Gasteiger partial charge in [0.2, 0.25) is 0 Å². The van der Waals surface area contributed by atoms with Crippen LogP contribution in [0.3, 0.4) is 0 Å². The molecule has 1 heterocycles. The molecule has 0 bridgehead atoms. The van der Waals surface area contributed by atoms with Gasteiger partial charge in [-0.15, -0.1) is 0 Å². The number of para-hydroxylation sites is 1. The van der Waals surface area contributed by atoms with Gasteiger partial charge in [-0.1, -0.05) is 72.3 Å². The molecule has 0 saturated heterocycles. The Hall–Kier alpha value is -2.51. The van der Waals surface area contributed by atoms with Crippen LogP contribution in [0.4, 0.5) is 5.69 Å². The predicted molar refractivity (Wildman–Crippen MR) is 97.8 cm³/mol. The van der Waals surface area contributed by atoms with Gasteiger partial charge < -0.3 is 5.32 Å². The van der Waals surface area contributed by atoms with E-state index >= 15 is 0 Å². The summed E-state index contributed by atoms with van der Waals surface area (Å²) in [7, 11) is 0. The molecule has 0 spiro atoms. The number of halogens is 1. The van der Waals surface area contributed by atoms with Crippen LogP contribution in [0.15, 0.2) is 84.9 Å². The fraction of sp³-hybridized carbons (Fsp3) is 0.0476. The Labute approximate surface area is 141 Å². The lowest BCUT2D eigenvalue weighted by Gasteiger charge is -2.27. The van der Waals surface area contributed by atoms with Gasteiger partial charge in [0.15, 0.2) is 0 Å². The van der Waals surface area contributed by atoms with Gasteiger partial charge in [0.25, 0.3) is 0 Å². The van der Waals surface area contributed by atoms with E-state index in [1.807, 2.05) is 18.2 Å². The number of fused-ring (bicyclic) bond motifs is 1. The number of benzene rings is 3. The smallest absolute Gasteiger partial charge is 0.0707 e. The summed E-state index contributed by atoms with van der Waals surface area (Å²) < 4.78 is 0. The van der Waals surface area contributed by atoms with Crippen molar-refractivity contribution in [3.05, 3.63) is 107 Å². The molecule has 0 radical (unpaired) electrons. The zero-order valence-electron chi connectivity index (χ0n) is 12.5. The van der Waals surface area contributed by atoms with E-state index in [2.05, 4.69) is 72.1 Å². The maximum Gasteiger partial charge on any atom is 0.0707 e. The van der Waals surface area contributed by atoms with Gasteiger partial charge in [0, 0.05) is 16.3 Å². The largest absolute Gasteiger partial charge is 0.374 e. The van der Waals surface area contributed by atoms with Gasteiger partial charge in [0.05, 0.1) is 6.04 Å². The van der Waals surface area contributed by atoms with E-state index in [0.29, 0.717) is 0 Å². The average molecular weight is 318 g/mol. The van der Waals surface area contributed by atoms with Gasteiger partial charge in [-0.25, -0.2) is 0 Å². The third-order valence-electron chi connectivity index (χ3n) is 4.18. The molecule has 1 atom stereocenters. The third kappa shape index (κ3) is 2.76. The van der Waals surface area contributed by atoms with Gasteiger partial charge >= 0.3 is 0 Å². The van der Waals surface area contributed by atoms with Crippen molar-refractivity contribution in [3.63, 3.8) is 0 Å². The maximum absolute atomic E-state index is 6.02. The molecule has 1 nitrogen and oxygen atoms in total. The van der Waals surface area contributed by atoms with Crippen LogP contribution in [0.2, 0.25) is 5.02 Å². The minimum absolute atomic E-state index is 0.136. The number of anilines is 1. The van der Waals surface area contributed by atoms with E-state index in [1.165, 1.54) is 22.3 Å². The molecule has 1 aliphatic heterocycles. The average Bonchev–Trinajstić information content (AvgIpc) is 2.62. The van der Waals surface area contributed by atoms with Crippen molar-refractivity contribution >= 4 is 22.9 Å². The molecule has 4 rings (SSSR count). The molecule has 0 fully saturated rings. The molecule has 23 heavy (non-hydrogen) atoms. The van der Waals surface area contributed by atoms with Crippen LogP contribution in [0.25, 0.3) is 5.57 Å². The lowest BCUT2D eigenvalue weighted by Crippen LogP contribution is -2.14. The highest BCUT2D eigenvalue weighted by atomic mass is 35.5. The number of hydrogen-bond acceptors (Lipinski definition) is 1. The number of hydrogen-bond donors (Lipinski definition) is 1. The number of nitrogens with one attached hydrogen (secondary N) is 1. The van der Waals surface area contributed by atoms with Crippen molar-refractivity contribution in [2.24, 2.45) is 0 Å². The van der Waals surface area contributed by atoms with Crippen molar-refractivity contribution in [2.75, 3.05) is 5.32 Å². The molecule has 112 valence electrons. The minimum atomic E-state index is 0.136. The minimum Gasteiger partial charge on any atom is -0.374 e. The number of rotatable bonds is 2. The highest BCUT2D eigenvalue weighted by Crippen LogP contribution is 2.38. The van der Waals surface area contributed by atoms with Crippen LogP contribution in [-0.4, -0.2) is 0 Å². The molecule has 0 aliphatic carbocycles. The van der Waals surface area contributed by atoms with Crippen LogP contribution in [0, 0.1) is 0 Å². The molecular weight excluding hydrogens is 302 g/mol. The highest BCUT2D eigenvalue weighted by molar-refractivity contribution is 6.30. The van der Waals surface area contributed by atoms with E-state index in [0.717, 1.165) is 10.7 Å².